The second-order valence-electron chi connectivity index (χ2n) is 7.61. The second-order valence-corrected chi connectivity index (χ2v) is 7.61. The van der Waals surface area contributed by atoms with E-state index < -0.39 is 68.8 Å². The zero-order valence-corrected chi connectivity index (χ0v) is 18.9. The largest absolute Gasteiger partial charge is 0.478 e. The van der Waals surface area contributed by atoms with E-state index >= 15 is 0 Å². The van der Waals surface area contributed by atoms with Gasteiger partial charge in [-0.1, -0.05) is 24.3 Å². The van der Waals surface area contributed by atoms with Gasteiger partial charge in [0.1, 0.15) is 0 Å². The molecule has 12 heteroatoms. The summed E-state index contributed by atoms with van der Waals surface area (Å²) in [6.45, 7) is 0. The summed E-state index contributed by atoms with van der Waals surface area (Å²) < 4.78 is 0. The summed E-state index contributed by atoms with van der Waals surface area (Å²) in [5, 5.41) is 54.7. The lowest BCUT2D eigenvalue weighted by atomic mass is 9.91. The first-order valence-electron chi connectivity index (χ1n) is 10.4. The molecular formula is C26H16O12. The number of carbonyl (C=O) groups is 6. The molecule has 0 fully saturated rings. The topological polar surface area (TPSA) is 224 Å². The van der Waals surface area contributed by atoms with Crippen LogP contribution in [0.1, 0.15) is 62.1 Å². The highest BCUT2D eigenvalue weighted by Gasteiger charge is 2.25. The summed E-state index contributed by atoms with van der Waals surface area (Å²) in [6.07, 6.45) is 0. The van der Waals surface area contributed by atoms with Crippen molar-refractivity contribution in [3.8, 4) is 0 Å². The number of aromatic carboxylic acids is 6. The number of fused-ring (bicyclic) bond motifs is 2. The minimum absolute atomic E-state index is 0.00972. The maximum atomic E-state index is 11.3. The Morgan fingerprint density at radius 3 is 0.816 bits per heavy atom. The van der Waals surface area contributed by atoms with E-state index in [4.69, 9.17) is 30.6 Å². The summed E-state index contributed by atoms with van der Waals surface area (Å²) in [7, 11) is 0. The third-order valence-electron chi connectivity index (χ3n) is 5.45. The fourth-order valence-electron chi connectivity index (χ4n) is 3.91. The smallest absolute Gasteiger partial charge is 0.336 e. The van der Waals surface area contributed by atoms with Crippen molar-refractivity contribution >= 4 is 57.4 Å². The maximum Gasteiger partial charge on any atom is 0.336 e. The first kappa shape index (κ1) is 26.8. The van der Waals surface area contributed by atoms with Gasteiger partial charge in [-0.2, -0.15) is 0 Å². The van der Waals surface area contributed by atoms with Gasteiger partial charge in [-0.25, -0.2) is 28.8 Å². The van der Waals surface area contributed by atoms with Crippen molar-refractivity contribution in [3.05, 3.63) is 94.0 Å². The van der Waals surface area contributed by atoms with Crippen LogP contribution in [-0.4, -0.2) is 66.5 Å². The van der Waals surface area contributed by atoms with Crippen LogP contribution in [0, 0.1) is 0 Å². The molecule has 0 radical (unpaired) electrons. The SMILES string of the molecule is O=C(O)c1ccc(C(=O)O)c2c(C(=O)O)ccc(C(=O)O)c12.O=C(O)c1cccc2cccc(C(=O)O)c12. The van der Waals surface area contributed by atoms with Crippen LogP contribution in [0.3, 0.4) is 0 Å². The number of carboxylic acids is 6. The number of hydrogen-bond donors (Lipinski definition) is 6. The summed E-state index contributed by atoms with van der Waals surface area (Å²) in [6, 6.07) is 13.1. The zero-order chi connectivity index (χ0) is 28.3. The summed E-state index contributed by atoms with van der Waals surface area (Å²) in [4.78, 5) is 67.1. The van der Waals surface area contributed by atoms with Crippen molar-refractivity contribution in [1.29, 1.82) is 0 Å². The van der Waals surface area contributed by atoms with Crippen LogP contribution in [-0.2, 0) is 0 Å². The van der Waals surface area contributed by atoms with Crippen molar-refractivity contribution in [3.63, 3.8) is 0 Å². The molecule has 0 saturated carbocycles. The van der Waals surface area contributed by atoms with E-state index in [2.05, 4.69) is 0 Å². The van der Waals surface area contributed by atoms with Crippen molar-refractivity contribution in [2.45, 2.75) is 0 Å². The summed E-state index contributed by atoms with van der Waals surface area (Å²) in [5.41, 5.74) is -1.92. The standard InChI is InChI=1S/C14H8O8.C12H8O4/c15-11(16)5-1-2-6(12(17)18)10-8(14(21)22)4-3-7(9(5)10)13(19)20;13-11(14)8-5-1-3-7-4-2-6-9(10(7)8)12(15)16/h1-4H,(H,15,16)(H,17,18)(H,19,20)(H,21,22);1-6H,(H,13,14)(H,15,16). The fraction of sp³-hybridized carbons (Fsp3) is 0. The Hall–Kier alpha value is -5.78. The van der Waals surface area contributed by atoms with Crippen LogP contribution < -0.4 is 0 Å². The Bertz CT molecular complexity index is 1500. The van der Waals surface area contributed by atoms with E-state index in [0.29, 0.717) is 5.39 Å². The lowest BCUT2D eigenvalue weighted by Gasteiger charge is -2.11. The van der Waals surface area contributed by atoms with Gasteiger partial charge < -0.3 is 30.6 Å². The molecule has 0 aliphatic rings. The third kappa shape index (κ3) is 4.95. The summed E-state index contributed by atoms with van der Waals surface area (Å²) >= 11 is 0. The van der Waals surface area contributed by atoms with Gasteiger partial charge in [-0.15, -0.1) is 0 Å². The van der Waals surface area contributed by atoms with Crippen LogP contribution in [0.4, 0.5) is 0 Å². The Labute approximate surface area is 211 Å². The van der Waals surface area contributed by atoms with Crippen LogP contribution in [0.15, 0.2) is 60.7 Å². The molecule has 4 aromatic rings. The molecule has 38 heavy (non-hydrogen) atoms. The average Bonchev–Trinajstić information content (AvgIpc) is 2.86. The molecule has 0 saturated heterocycles. The van der Waals surface area contributed by atoms with Crippen LogP contribution in [0.5, 0.6) is 0 Å². The van der Waals surface area contributed by atoms with Crippen LogP contribution >= 0.6 is 0 Å². The molecule has 192 valence electrons. The van der Waals surface area contributed by atoms with Crippen molar-refractivity contribution in [2.75, 3.05) is 0 Å². The predicted octanol–water partition coefficient (Wildman–Crippen LogP) is 3.87. The van der Waals surface area contributed by atoms with Gasteiger partial charge in [0.25, 0.3) is 0 Å². The molecule has 4 aromatic carbocycles. The maximum absolute atomic E-state index is 11.3. The highest BCUT2D eigenvalue weighted by atomic mass is 16.4. The molecule has 0 aliphatic carbocycles. The molecule has 6 N–H and O–H groups in total. The lowest BCUT2D eigenvalue weighted by Crippen LogP contribution is -2.11. The number of hydrogen-bond acceptors (Lipinski definition) is 6. The monoisotopic (exact) mass is 520 g/mol. The highest BCUT2D eigenvalue weighted by Crippen LogP contribution is 2.30. The van der Waals surface area contributed by atoms with E-state index in [1.165, 1.54) is 12.1 Å². The molecule has 0 heterocycles. The van der Waals surface area contributed by atoms with Gasteiger partial charge >= 0.3 is 35.8 Å². The van der Waals surface area contributed by atoms with Crippen molar-refractivity contribution in [1.82, 2.24) is 0 Å². The molecule has 0 atom stereocenters. The van der Waals surface area contributed by atoms with Crippen LogP contribution in [0.25, 0.3) is 21.5 Å². The molecule has 4 rings (SSSR count). The van der Waals surface area contributed by atoms with Gasteiger partial charge in [0.15, 0.2) is 0 Å². The van der Waals surface area contributed by atoms with E-state index in [1.54, 1.807) is 24.3 Å². The molecule has 0 bridgehead atoms. The first-order valence-corrected chi connectivity index (χ1v) is 10.4. The fourth-order valence-corrected chi connectivity index (χ4v) is 3.91. The van der Waals surface area contributed by atoms with Gasteiger partial charge in [0.05, 0.1) is 33.4 Å². The lowest BCUT2D eigenvalue weighted by molar-refractivity contribution is 0.0675. The number of rotatable bonds is 6. The molecule has 12 nitrogen and oxygen atoms in total. The molecule has 0 aromatic heterocycles. The van der Waals surface area contributed by atoms with Gasteiger partial charge in [0.2, 0.25) is 0 Å². The van der Waals surface area contributed by atoms with Crippen molar-refractivity contribution < 1.29 is 59.4 Å². The minimum atomic E-state index is -1.49. The Balaban J connectivity index is 0.000000221. The Morgan fingerprint density at radius 1 is 0.342 bits per heavy atom. The first-order chi connectivity index (χ1) is 17.9. The van der Waals surface area contributed by atoms with E-state index in [0.717, 1.165) is 24.3 Å². The van der Waals surface area contributed by atoms with E-state index in [9.17, 15) is 28.8 Å². The quantitative estimate of drug-likeness (QED) is 0.213. The normalized spacial score (nSPS) is 10.3. The third-order valence-corrected chi connectivity index (χ3v) is 5.45. The molecule has 0 spiro atoms. The average molecular weight is 520 g/mol. The van der Waals surface area contributed by atoms with Gasteiger partial charge in [-0.3, -0.25) is 0 Å². The highest BCUT2D eigenvalue weighted by molar-refractivity contribution is 6.21. The number of carboxylic acid groups (broad SMARTS) is 6. The van der Waals surface area contributed by atoms with Crippen LogP contribution in [0.2, 0.25) is 0 Å². The Morgan fingerprint density at radius 2 is 0.579 bits per heavy atom. The zero-order valence-electron chi connectivity index (χ0n) is 18.9. The molecule has 0 amide bonds. The molecular weight excluding hydrogens is 504 g/mol. The molecule has 0 aliphatic heterocycles. The minimum Gasteiger partial charge on any atom is -0.478 e. The van der Waals surface area contributed by atoms with E-state index in [-0.39, 0.29) is 16.5 Å². The summed E-state index contributed by atoms with van der Waals surface area (Å²) in [5.74, 6) is -8.23. The predicted molar refractivity (Wildman–Crippen MR) is 130 cm³/mol. The van der Waals surface area contributed by atoms with Crippen molar-refractivity contribution in [2.24, 2.45) is 0 Å². The van der Waals surface area contributed by atoms with Gasteiger partial charge in [0, 0.05) is 16.2 Å². The second kappa shape index (κ2) is 10.5. The van der Waals surface area contributed by atoms with E-state index in [1.807, 2.05) is 0 Å². The molecule has 0 unspecified atom stereocenters. The Kier molecular flexibility index (Phi) is 7.38. The van der Waals surface area contributed by atoms with Gasteiger partial charge in [-0.05, 0) is 41.8 Å². The number of benzene rings is 4.